The van der Waals surface area contributed by atoms with E-state index in [9.17, 15) is 9.59 Å². The molecule has 0 bridgehead atoms. The van der Waals surface area contributed by atoms with Crippen molar-refractivity contribution in [3.63, 3.8) is 0 Å². The maximum Gasteiger partial charge on any atom is 0.356 e. The lowest BCUT2D eigenvalue weighted by molar-refractivity contribution is -0.0228. The minimum absolute atomic E-state index is 0.0453. The summed E-state index contributed by atoms with van der Waals surface area (Å²) >= 11 is 0. The fourth-order valence-electron chi connectivity index (χ4n) is 1.86. The first-order valence-corrected chi connectivity index (χ1v) is 6.08. The van der Waals surface area contributed by atoms with Crippen LogP contribution in [-0.4, -0.2) is 57.7 Å². The smallest absolute Gasteiger partial charge is 0.356 e. The molecular weight excluding hydrogens is 250 g/mol. The van der Waals surface area contributed by atoms with E-state index in [-0.39, 0.29) is 23.4 Å². The molecular formula is C12H15N3O4. The first-order valence-electron chi connectivity index (χ1n) is 6.08. The number of amides is 1. The number of hydrogen-bond donors (Lipinski definition) is 1. The zero-order valence-electron chi connectivity index (χ0n) is 10.6. The van der Waals surface area contributed by atoms with Gasteiger partial charge in [-0.3, -0.25) is 4.79 Å². The van der Waals surface area contributed by atoms with E-state index >= 15 is 0 Å². The Bertz CT molecular complexity index is 474. The number of carbonyl (C=O) groups is 2. The van der Waals surface area contributed by atoms with Gasteiger partial charge in [0.25, 0.3) is 5.91 Å². The van der Waals surface area contributed by atoms with Gasteiger partial charge in [0.2, 0.25) is 0 Å². The summed E-state index contributed by atoms with van der Waals surface area (Å²) in [7, 11) is 0. The minimum atomic E-state index is -1.16. The average Bonchev–Trinajstić information content (AvgIpc) is 2.46. The number of nitrogens with zero attached hydrogens (tertiary/aromatic N) is 3. The summed E-state index contributed by atoms with van der Waals surface area (Å²) in [6, 6.07) is 0. The number of rotatable bonds is 3. The van der Waals surface area contributed by atoms with Gasteiger partial charge in [0, 0.05) is 13.1 Å². The third-order valence-corrected chi connectivity index (χ3v) is 2.97. The zero-order valence-corrected chi connectivity index (χ0v) is 10.6. The van der Waals surface area contributed by atoms with Gasteiger partial charge in [0.05, 0.1) is 25.1 Å². The molecule has 1 amide bonds. The molecule has 0 saturated carbocycles. The van der Waals surface area contributed by atoms with E-state index in [0.717, 1.165) is 12.6 Å². The summed E-state index contributed by atoms with van der Waals surface area (Å²) in [5.74, 6) is -1.41. The molecule has 0 radical (unpaired) electrons. The first kappa shape index (κ1) is 13.4. The lowest BCUT2D eigenvalue weighted by Gasteiger charge is -2.32. The maximum atomic E-state index is 12.2. The standard InChI is InChI=1S/C12H15N3O4/c1-2-8-7-15(3-4-19-8)11(16)9-5-14-10(6-13-9)12(17)18/h5-6,8H,2-4,7H2,1H3,(H,17,18). The van der Waals surface area contributed by atoms with Crippen LogP contribution in [0.4, 0.5) is 0 Å². The Hall–Kier alpha value is -2.02. The summed E-state index contributed by atoms with van der Waals surface area (Å²) in [5.41, 5.74) is -0.0216. The SMILES string of the molecule is CCC1CN(C(=O)c2cnc(C(=O)O)cn2)CCO1. The van der Waals surface area contributed by atoms with Crippen molar-refractivity contribution in [1.29, 1.82) is 0 Å². The van der Waals surface area contributed by atoms with Crippen LogP contribution in [0.25, 0.3) is 0 Å². The molecule has 1 N–H and O–H groups in total. The lowest BCUT2D eigenvalue weighted by atomic mass is 10.2. The van der Waals surface area contributed by atoms with Crippen molar-refractivity contribution < 1.29 is 19.4 Å². The van der Waals surface area contributed by atoms with Crippen LogP contribution in [0.3, 0.4) is 0 Å². The highest BCUT2D eigenvalue weighted by Gasteiger charge is 2.25. The van der Waals surface area contributed by atoms with Gasteiger partial charge in [-0.05, 0) is 6.42 Å². The van der Waals surface area contributed by atoms with E-state index in [4.69, 9.17) is 9.84 Å². The van der Waals surface area contributed by atoms with E-state index in [1.54, 1.807) is 4.90 Å². The molecule has 0 spiro atoms. The van der Waals surface area contributed by atoms with E-state index < -0.39 is 5.97 Å². The number of ether oxygens (including phenoxy) is 1. The van der Waals surface area contributed by atoms with Crippen LogP contribution in [-0.2, 0) is 4.74 Å². The molecule has 0 aromatic carbocycles. The summed E-state index contributed by atoms with van der Waals surface area (Å²) in [5, 5.41) is 8.72. The van der Waals surface area contributed by atoms with Crippen molar-refractivity contribution in [2.75, 3.05) is 19.7 Å². The van der Waals surface area contributed by atoms with E-state index in [2.05, 4.69) is 9.97 Å². The predicted molar refractivity (Wildman–Crippen MR) is 64.9 cm³/mol. The highest BCUT2D eigenvalue weighted by molar-refractivity contribution is 5.92. The van der Waals surface area contributed by atoms with Crippen molar-refractivity contribution in [2.24, 2.45) is 0 Å². The number of carboxylic acid groups (broad SMARTS) is 1. The monoisotopic (exact) mass is 265 g/mol. The lowest BCUT2D eigenvalue weighted by Crippen LogP contribution is -2.45. The van der Waals surface area contributed by atoms with Crippen LogP contribution in [0.2, 0.25) is 0 Å². The summed E-state index contributed by atoms with van der Waals surface area (Å²) < 4.78 is 5.49. The molecule has 1 saturated heterocycles. The van der Waals surface area contributed by atoms with Crippen molar-refractivity contribution in [3.05, 3.63) is 23.8 Å². The van der Waals surface area contributed by atoms with Crippen molar-refractivity contribution in [3.8, 4) is 0 Å². The second-order valence-electron chi connectivity index (χ2n) is 4.24. The molecule has 0 aliphatic carbocycles. The molecule has 7 nitrogen and oxygen atoms in total. The summed E-state index contributed by atoms with van der Waals surface area (Å²) in [6.07, 6.45) is 3.17. The number of carboxylic acids is 1. The fourth-order valence-corrected chi connectivity index (χ4v) is 1.86. The van der Waals surface area contributed by atoms with Crippen LogP contribution in [0.15, 0.2) is 12.4 Å². The summed E-state index contributed by atoms with van der Waals surface area (Å²) in [6.45, 7) is 3.54. The van der Waals surface area contributed by atoms with Crippen LogP contribution in [0.5, 0.6) is 0 Å². The number of aromatic nitrogens is 2. The second-order valence-corrected chi connectivity index (χ2v) is 4.24. The first-order chi connectivity index (χ1) is 9.11. The van der Waals surface area contributed by atoms with Crippen LogP contribution in [0.1, 0.15) is 34.3 Å². The van der Waals surface area contributed by atoms with Gasteiger partial charge >= 0.3 is 5.97 Å². The Morgan fingerprint density at radius 3 is 2.68 bits per heavy atom. The molecule has 1 aromatic rings. The van der Waals surface area contributed by atoms with Crippen LogP contribution >= 0.6 is 0 Å². The van der Waals surface area contributed by atoms with Gasteiger partial charge in [-0.25, -0.2) is 14.8 Å². The Morgan fingerprint density at radius 1 is 1.42 bits per heavy atom. The highest BCUT2D eigenvalue weighted by atomic mass is 16.5. The summed E-state index contributed by atoms with van der Waals surface area (Å²) in [4.78, 5) is 32.0. The van der Waals surface area contributed by atoms with E-state index in [0.29, 0.717) is 19.7 Å². The molecule has 1 atom stereocenters. The molecule has 1 aliphatic heterocycles. The number of hydrogen-bond acceptors (Lipinski definition) is 5. The Kier molecular flexibility index (Phi) is 4.06. The highest BCUT2D eigenvalue weighted by Crippen LogP contribution is 2.11. The topological polar surface area (TPSA) is 92.6 Å². The predicted octanol–water partition coefficient (Wildman–Crippen LogP) is 0.426. The zero-order chi connectivity index (χ0) is 13.8. The van der Waals surface area contributed by atoms with Gasteiger partial charge < -0.3 is 14.7 Å². The van der Waals surface area contributed by atoms with Gasteiger partial charge in [-0.1, -0.05) is 6.92 Å². The molecule has 1 unspecified atom stereocenters. The molecule has 1 fully saturated rings. The van der Waals surface area contributed by atoms with Gasteiger partial charge in [0.1, 0.15) is 5.69 Å². The van der Waals surface area contributed by atoms with Gasteiger partial charge in [-0.2, -0.15) is 0 Å². The van der Waals surface area contributed by atoms with Crippen molar-refractivity contribution in [1.82, 2.24) is 14.9 Å². The fraction of sp³-hybridized carbons (Fsp3) is 0.500. The number of carbonyl (C=O) groups excluding carboxylic acids is 1. The largest absolute Gasteiger partial charge is 0.476 e. The molecule has 7 heteroatoms. The maximum absolute atomic E-state index is 12.2. The minimum Gasteiger partial charge on any atom is -0.476 e. The van der Waals surface area contributed by atoms with Crippen LogP contribution < -0.4 is 0 Å². The third kappa shape index (κ3) is 3.05. The normalized spacial score (nSPS) is 19.2. The Balaban J connectivity index is 2.08. The van der Waals surface area contributed by atoms with Gasteiger partial charge in [0.15, 0.2) is 5.69 Å². The molecule has 1 aliphatic rings. The third-order valence-electron chi connectivity index (χ3n) is 2.97. The van der Waals surface area contributed by atoms with Crippen molar-refractivity contribution >= 4 is 11.9 Å². The Morgan fingerprint density at radius 2 is 2.11 bits per heavy atom. The number of aromatic carboxylic acids is 1. The number of morpholine rings is 1. The molecule has 2 heterocycles. The molecule has 102 valence electrons. The quantitative estimate of drug-likeness (QED) is 0.851. The Labute approximate surface area is 110 Å². The van der Waals surface area contributed by atoms with E-state index in [1.807, 2.05) is 6.92 Å². The molecule has 1 aromatic heterocycles. The molecule has 19 heavy (non-hydrogen) atoms. The molecule has 2 rings (SSSR count). The van der Waals surface area contributed by atoms with E-state index in [1.165, 1.54) is 6.20 Å². The van der Waals surface area contributed by atoms with Gasteiger partial charge in [-0.15, -0.1) is 0 Å². The second kappa shape index (κ2) is 5.75. The average molecular weight is 265 g/mol. The van der Waals surface area contributed by atoms with Crippen molar-refractivity contribution in [2.45, 2.75) is 19.4 Å². The van der Waals surface area contributed by atoms with Crippen LogP contribution in [0, 0.1) is 0 Å².